The number of aromatic nitrogens is 5. The van der Waals surface area contributed by atoms with Gasteiger partial charge in [-0.2, -0.15) is 0 Å². The number of hydrogen-bond acceptors (Lipinski definition) is 8. The molecule has 1 aliphatic heterocycles. The molecular formula is C32H30F2N6O4. The van der Waals surface area contributed by atoms with Gasteiger partial charge in [-0.3, -0.25) is 19.3 Å². The van der Waals surface area contributed by atoms with Crippen LogP contribution in [0, 0.1) is 17.6 Å². The van der Waals surface area contributed by atoms with Gasteiger partial charge in [-0.05, 0) is 80.4 Å². The Morgan fingerprint density at radius 2 is 1.82 bits per heavy atom. The SMILES string of the molecule is CCN1CCC(COc2n[nH]c3nccc(Oc4ccc(CC(=O)c5nccn(-c6ccc(F)cc6)c5=O)cc4F)c23)CC1. The van der Waals surface area contributed by atoms with E-state index in [2.05, 4.69) is 32.0 Å². The summed E-state index contributed by atoms with van der Waals surface area (Å²) in [5, 5.41) is 7.62. The first-order valence-corrected chi connectivity index (χ1v) is 14.4. The standard InChI is InChI=1S/C32H30F2N6O4/c1-2-39-14-10-20(11-15-39)19-43-31-28-27(9-12-36-30(28)37-38-31)44-26-8-3-21(17-24(26)34)18-25(41)29-32(42)40(16-13-35-29)23-6-4-22(33)5-7-23/h3-9,12-13,16-17,20H,2,10-11,14-15,18-19H2,1H3,(H,36,37,38). The van der Waals surface area contributed by atoms with Gasteiger partial charge in [0.2, 0.25) is 5.88 Å². The van der Waals surface area contributed by atoms with Crippen molar-refractivity contribution in [3.63, 3.8) is 0 Å². The Hall–Kier alpha value is -4.97. The zero-order chi connectivity index (χ0) is 30.6. The van der Waals surface area contributed by atoms with Crippen LogP contribution in [0.2, 0.25) is 0 Å². The first kappa shape index (κ1) is 29.1. The van der Waals surface area contributed by atoms with Crippen LogP contribution in [-0.2, 0) is 6.42 Å². The molecule has 12 heteroatoms. The van der Waals surface area contributed by atoms with Crippen LogP contribution in [0.15, 0.2) is 71.9 Å². The molecule has 226 valence electrons. The highest BCUT2D eigenvalue weighted by Crippen LogP contribution is 2.35. The molecule has 5 aromatic rings. The molecule has 0 amide bonds. The Morgan fingerprint density at radius 3 is 2.57 bits per heavy atom. The summed E-state index contributed by atoms with van der Waals surface area (Å²) in [5.74, 6) is -0.733. The van der Waals surface area contributed by atoms with E-state index in [9.17, 15) is 14.0 Å². The Bertz CT molecular complexity index is 1850. The number of piperidine rings is 1. The number of ketones is 1. The second-order valence-corrected chi connectivity index (χ2v) is 10.6. The number of ether oxygens (including phenoxy) is 2. The van der Waals surface area contributed by atoms with E-state index in [1.54, 1.807) is 12.1 Å². The lowest BCUT2D eigenvalue weighted by molar-refractivity contribution is 0.0986. The number of pyridine rings is 1. The van der Waals surface area contributed by atoms with Crippen molar-refractivity contribution < 1.29 is 23.0 Å². The fourth-order valence-corrected chi connectivity index (χ4v) is 5.28. The van der Waals surface area contributed by atoms with Gasteiger partial charge < -0.3 is 14.4 Å². The van der Waals surface area contributed by atoms with Crippen molar-refractivity contribution in [2.75, 3.05) is 26.2 Å². The lowest BCUT2D eigenvalue weighted by Crippen LogP contribution is -2.35. The van der Waals surface area contributed by atoms with E-state index in [1.807, 2.05) is 0 Å². The smallest absolute Gasteiger partial charge is 0.284 e. The molecule has 4 heterocycles. The number of nitrogens with one attached hydrogen (secondary N) is 1. The van der Waals surface area contributed by atoms with E-state index in [1.165, 1.54) is 59.6 Å². The molecule has 6 rings (SSSR count). The average molecular weight is 601 g/mol. The van der Waals surface area contributed by atoms with Gasteiger partial charge in [0, 0.05) is 36.8 Å². The summed E-state index contributed by atoms with van der Waals surface area (Å²) in [6.45, 7) is 5.79. The van der Waals surface area contributed by atoms with Crippen LogP contribution in [-0.4, -0.2) is 61.7 Å². The quantitative estimate of drug-likeness (QED) is 0.220. The highest BCUT2D eigenvalue weighted by atomic mass is 19.1. The van der Waals surface area contributed by atoms with Crippen LogP contribution in [0.1, 0.15) is 35.8 Å². The van der Waals surface area contributed by atoms with Crippen LogP contribution in [0.3, 0.4) is 0 Å². The van der Waals surface area contributed by atoms with Crippen molar-refractivity contribution >= 4 is 16.8 Å². The van der Waals surface area contributed by atoms with Crippen molar-refractivity contribution in [3.8, 4) is 23.1 Å². The number of aromatic amines is 1. The zero-order valence-electron chi connectivity index (χ0n) is 24.0. The van der Waals surface area contributed by atoms with Crippen molar-refractivity contribution in [2.45, 2.75) is 26.2 Å². The summed E-state index contributed by atoms with van der Waals surface area (Å²) < 4.78 is 41.8. The maximum Gasteiger partial charge on any atom is 0.284 e. The predicted octanol–water partition coefficient (Wildman–Crippen LogP) is 5.11. The predicted molar refractivity (Wildman–Crippen MR) is 159 cm³/mol. The number of hydrogen-bond donors (Lipinski definition) is 1. The van der Waals surface area contributed by atoms with Gasteiger partial charge in [-0.15, -0.1) is 5.10 Å². The molecule has 0 radical (unpaired) electrons. The second kappa shape index (κ2) is 12.7. The topological polar surface area (TPSA) is 115 Å². The Morgan fingerprint density at radius 1 is 1.02 bits per heavy atom. The summed E-state index contributed by atoms with van der Waals surface area (Å²) >= 11 is 0. The van der Waals surface area contributed by atoms with Gasteiger partial charge in [0.15, 0.2) is 28.7 Å². The maximum atomic E-state index is 15.2. The Labute approximate surface area is 251 Å². The molecule has 2 aromatic carbocycles. The zero-order valence-corrected chi connectivity index (χ0v) is 24.0. The largest absolute Gasteiger partial charge is 0.476 e. The van der Waals surface area contributed by atoms with Gasteiger partial charge in [-0.1, -0.05) is 13.0 Å². The summed E-state index contributed by atoms with van der Waals surface area (Å²) in [5.41, 5.74) is 0.201. The fraction of sp³-hybridized carbons (Fsp3) is 0.281. The van der Waals surface area contributed by atoms with Gasteiger partial charge in [0.1, 0.15) is 17.0 Å². The molecule has 0 spiro atoms. The van der Waals surface area contributed by atoms with Crippen molar-refractivity contribution in [1.29, 1.82) is 0 Å². The number of nitrogens with zero attached hydrogens (tertiary/aromatic N) is 5. The van der Waals surface area contributed by atoms with Crippen LogP contribution in [0.4, 0.5) is 8.78 Å². The number of carbonyl (C=O) groups is 1. The third-order valence-electron chi connectivity index (χ3n) is 7.79. The lowest BCUT2D eigenvalue weighted by Gasteiger charge is -2.30. The summed E-state index contributed by atoms with van der Waals surface area (Å²) in [4.78, 5) is 36.6. The molecule has 1 aliphatic rings. The highest BCUT2D eigenvalue weighted by Gasteiger charge is 2.22. The number of carbonyl (C=O) groups excluding carboxylic acids is 1. The molecule has 0 bridgehead atoms. The van der Waals surface area contributed by atoms with Crippen LogP contribution >= 0.6 is 0 Å². The molecule has 1 N–H and O–H groups in total. The molecule has 1 fully saturated rings. The first-order chi connectivity index (χ1) is 21.4. The second-order valence-electron chi connectivity index (χ2n) is 10.6. The molecule has 1 saturated heterocycles. The Kier molecular flexibility index (Phi) is 8.42. The van der Waals surface area contributed by atoms with Crippen LogP contribution in [0.5, 0.6) is 17.4 Å². The van der Waals surface area contributed by atoms with Gasteiger partial charge in [0.25, 0.3) is 5.56 Å². The summed E-state index contributed by atoms with van der Waals surface area (Å²) in [7, 11) is 0. The minimum absolute atomic E-state index is 0.0655. The third-order valence-corrected chi connectivity index (χ3v) is 7.79. The van der Waals surface area contributed by atoms with E-state index in [-0.39, 0.29) is 17.9 Å². The van der Waals surface area contributed by atoms with Crippen molar-refractivity contribution in [1.82, 2.24) is 29.6 Å². The molecular weight excluding hydrogens is 570 g/mol. The number of fused-ring (bicyclic) bond motifs is 1. The molecule has 44 heavy (non-hydrogen) atoms. The van der Waals surface area contributed by atoms with Gasteiger partial charge >= 0.3 is 0 Å². The number of H-pyrrole nitrogens is 1. The van der Waals surface area contributed by atoms with E-state index in [0.717, 1.165) is 32.5 Å². The maximum absolute atomic E-state index is 15.2. The van der Waals surface area contributed by atoms with Crippen molar-refractivity contribution in [2.24, 2.45) is 5.92 Å². The van der Waals surface area contributed by atoms with E-state index in [0.29, 0.717) is 46.4 Å². The summed E-state index contributed by atoms with van der Waals surface area (Å²) in [6.07, 6.45) is 6.06. The normalized spacial score (nSPS) is 14.2. The molecule has 10 nitrogen and oxygen atoms in total. The number of Topliss-reactive ketones (excluding diaryl/α,β-unsaturated/α-hetero) is 1. The molecule has 3 aromatic heterocycles. The first-order valence-electron chi connectivity index (χ1n) is 14.4. The van der Waals surface area contributed by atoms with E-state index in [4.69, 9.17) is 9.47 Å². The van der Waals surface area contributed by atoms with Gasteiger partial charge in [-0.25, -0.2) is 18.7 Å². The minimum Gasteiger partial charge on any atom is -0.476 e. The van der Waals surface area contributed by atoms with Crippen LogP contribution < -0.4 is 15.0 Å². The Balaban J connectivity index is 1.16. The molecule has 0 unspecified atom stereocenters. The molecule has 0 aliphatic carbocycles. The minimum atomic E-state index is -0.696. The van der Waals surface area contributed by atoms with E-state index < -0.39 is 23.0 Å². The van der Waals surface area contributed by atoms with Crippen molar-refractivity contribution in [3.05, 3.63) is 100 Å². The highest BCUT2D eigenvalue weighted by molar-refractivity contribution is 5.95. The number of benzene rings is 2. The lowest BCUT2D eigenvalue weighted by atomic mass is 9.98. The average Bonchev–Trinajstić information content (AvgIpc) is 3.46. The molecule has 0 saturated carbocycles. The molecule has 0 atom stereocenters. The third kappa shape index (κ3) is 6.20. The van der Waals surface area contributed by atoms with Gasteiger partial charge in [0.05, 0.1) is 6.61 Å². The number of halogens is 2. The number of likely N-dealkylation sites (tertiary alicyclic amines) is 1. The monoisotopic (exact) mass is 600 g/mol. The summed E-state index contributed by atoms with van der Waals surface area (Å²) in [6, 6.07) is 11.0. The van der Waals surface area contributed by atoms with E-state index >= 15 is 4.39 Å². The number of rotatable bonds is 10. The van der Waals surface area contributed by atoms with Crippen LogP contribution in [0.25, 0.3) is 16.7 Å². The fourth-order valence-electron chi connectivity index (χ4n) is 5.28.